The number of pyridine rings is 1. The van der Waals surface area contributed by atoms with Crippen LogP contribution in [0.2, 0.25) is 17.2 Å². The van der Waals surface area contributed by atoms with E-state index in [1.807, 2.05) is 12.3 Å². The third-order valence-corrected chi connectivity index (χ3v) is 24.0. The van der Waals surface area contributed by atoms with Gasteiger partial charge < -0.3 is 0 Å². The summed E-state index contributed by atoms with van der Waals surface area (Å²) in [5.74, 6) is 0.985. The van der Waals surface area contributed by atoms with Crippen LogP contribution >= 0.6 is 0 Å². The van der Waals surface area contributed by atoms with Gasteiger partial charge in [-0.05, 0) is 0 Å². The number of hydrogen-bond donors (Lipinski definition) is 0. The van der Waals surface area contributed by atoms with Gasteiger partial charge in [0.25, 0.3) is 0 Å². The van der Waals surface area contributed by atoms with Gasteiger partial charge in [-0.25, -0.2) is 0 Å². The number of aromatic nitrogens is 1. The van der Waals surface area contributed by atoms with E-state index in [1.165, 1.54) is 38.5 Å². The van der Waals surface area contributed by atoms with Crippen molar-refractivity contribution >= 4 is 24.2 Å². The molecule has 2 heterocycles. The minimum atomic E-state index is -2.27. The normalized spacial score (nSPS) is 21.0. The van der Waals surface area contributed by atoms with Crippen molar-refractivity contribution in [2.45, 2.75) is 89.5 Å². The molecule has 0 radical (unpaired) electrons. The molecule has 0 unspecified atom stereocenters. The van der Waals surface area contributed by atoms with Crippen molar-refractivity contribution in [3.63, 3.8) is 0 Å². The van der Waals surface area contributed by atoms with Crippen molar-refractivity contribution < 1.29 is 4.84 Å². The summed E-state index contributed by atoms with van der Waals surface area (Å²) in [6, 6.07) is 6.61. The second-order valence-electron chi connectivity index (χ2n) is 7.83. The summed E-state index contributed by atoms with van der Waals surface area (Å²) in [5.41, 5.74) is 0. The van der Waals surface area contributed by atoms with Crippen LogP contribution in [0.1, 0.15) is 66.2 Å². The molecule has 1 saturated heterocycles. The molecule has 0 amide bonds. The van der Waals surface area contributed by atoms with Crippen molar-refractivity contribution in [2.75, 3.05) is 11.7 Å². The molecule has 25 heavy (non-hydrogen) atoms. The Balaban J connectivity index is 2.22. The number of rotatable bonds is 11. The van der Waals surface area contributed by atoms with Gasteiger partial charge in [-0.15, -0.1) is 0 Å². The molecular formula is C21H38N2OSn. The Bertz CT molecular complexity index is 460. The molecule has 142 valence electrons. The second-order valence-corrected chi connectivity index (χ2v) is 22.0. The standard InChI is InChI=1S/C9H11N2O.3C4H9.Sn/c1-8-5-7-12-11(8)9-4-2-3-6-10-9;3*1-3-4-2;/h2-6,8H,7H2,1H3;3*1,3-4H2,2H3;/t8-;;;;/m0..../s1. The van der Waals surface area contributed by atoms with Crippen LogP contribution in [0.5, 0.6) is 0 Å². The van der Waals surface area contributed by atoms with Crippen molar-refractivity contribution in [2.24, 2.45) is 0 Å². The molecule has 0 spiro atoms. The van der Waals surface area contributed by atoms with Crippen LogP contribution in [0.3, 0.4) is 0 Å². The molecule has 4 heteroatoms. The Labute approximate surface area is 159 Å². The Morgan fingerprint density at radius 1 is 1.04 bits per heavy atom. The number of hydroxylamine groups is 1. The van der Waals surface area contributed by atoms with Gasteiger partial charge in [-0.3, -0.25) is 0 Å². The van der Waals surface area contributed by atoms with Crippen LogP contribution < -0.4 is 5.06 Å². The maximum absolute atomic E-state index is 6.23. The quantitative estimate of drug-likeness (QED) is 0.361. The zero-order valence-electron chi connectivity index (χ0n) is 16.8. The third-order valence-electron chi connectivity index (χ3n) is 6.09. The summed E-state index contributed by atoms with van der Waals surface area (Å²) in [6.07, 6.45) is 10.2. The first kappa shape index (κ1) is 21.0. The van der Waals surface area contributed by atoms with Gasteiger partial charge in [0.1, 0.15) is 0 Å². The monoisotopic (exact) mass is 454 g/mol. The van der Waals surface area contributed by atoms with Gasteiger partial charge in [-0.2, -0.15) is 0 Å². The molecule has 0 bridgehead atoms. The predicted octanol–water partition coefficient (Wildman–Crippen LogP) is 6.44. The fourth-order valence-electron chi connectivity index (χ4n) is 4.55. The Morgan fingerprint density at radius 2 is 1.64 bits per heavy atom. The van der Waals surface area contributed by atoms with Gasteiger partial charge in [0, 0.05) is 0 Å². The van der Waals surface area contributed by atoms with Gasteiger partial charge in [0.2, 0.25) is 0 Å². The van der Waals surface area contributed by atoms with Crippen LogP contribution in [0.25, 0.3) is 0 Å². The molecule has 1 aliphatic rings. The van der Waals surface area contributed by atoms with Crippen molar-refractivity contribution in [3.05, 3.63) is 24.4 Å². The molecule has 2 rings (SSSR count). The molecule has 1 aromatic heterocycles. The predicted molar refractivity (Wildman–Crippen MR) is 111 cm³/mol. The molecule has 3 nitrogen and oxygen atoms in total. The first-order valence-corrected chi connectivity index (χ1v) is 18.2. The van der Waals surface area contributed by atoms with Crippen molar-refractivity contribution in [1.29, 1.82) is 0 Å². The van der Waals surface area contributed by atoms with Crippen LogP contribution in [0, 0.1) is 0 Å². The molecule has 2 atom stereocenters. The molecule has 0 aromatic carbocycles. The van der Waals surface area contributed by atoms with E-state index in [0.717, 1.165) is 16.4 Å². The Hall–Kier alpha value is -0.291. The first-order valence-electron chi connectivity index (χ1n) is 10.5. The molecule has 1 fully saturated rings. The van der Waals surface area contributed by atoms with Crippen molar-refractivity contribution in [3.8, 4) is 0 Å². The molecule has 0 aliphatic carbocycles. The van der Waals surface area contributed by atoms with E-state index < -0.39 is 18.4 Å². The summed E-state index contributed by atoms with van der Waals surface area (Å²) in [5, 5.41) is 2.13. The molecular weight excluding hydrogens is 415 g/mol. The van der Waals surface area contributed by atoms with E-state index in [0.29, 0.717) is 6.04 Å². The van der Waals surface area contributed by atoms with E-state index in [-0.39, 0.29) is 0 Å². The Kier molecular flexibility index (Phi) is 9.04. The van der Waals surface area contributed by atoms with Gasteiger partial charge in [0.05, 0.1) is 0 Å². The molecule has 0 saturated carbocycles. The van der Waals surface area contributed by atoms with E-state index >= 15 is 0 Å². The van der Waals surface area contributed by atoms with Crippen molar-refractivity contribution in [1.82, 2.24) is 4.98 Å². The van der Waals surface area contributed by atoms with Crippen LogP contribution in [0.4, 0.5) is 5.82 Å². The molecule has 1 aliphatic heterocycles. The average molecular weight is 453 g/mol. The summed E-state index contributed by atoms with van der Waals surface area (Å²) >= 11 is -2.27. The first-order chi connectivity index (χ1) is 12.2. The summed E-state index contributed by atoms with van der Waals surface area (Å²) in [4.78, 5) is 10.8. The van der Waals surface area contributed by atoms with E-state index in [2.05, 4.69) is 49.9 Å². The van der Waals surface area contributed by atoms with Gasteiger partial charge in [-0.1, -0.05) is 0 Å². The molecule has 1 aromatic rings. The summed E-state index contributed by atoms with van der Waals surface area (Å²) in [7, 11) is 0. The SMILES string of the molecule is CCC[CH2][Sn]([CH2]CCC)([CH2]CCC)[C@@H]1CON(c2ccccn2)[C@H]1C. The van der Waals surface area contributed by atoms with E-state index in [9.17, 15) is 0 Å². The van der Waals surface area contributed by atoms with Crippen LogP contribution in [0.15, 0.2) is 24.4 Å². The summed E-state index contributed by atoms with van der Waals surface area (Å²) < 4.78 is 5.47. The number of anilines is 1. The average Bonchev–Trinajstić information content (AvgIpc) is 3.04. The summed E-state index contributed by atoms with van der Waals surface area (Å²) in [6.45, 7) is 10.4. The number of nitrogens with zero attached hydrogens (tertiary/aromatic N) is 2. The minimum absolute atomic E-state index is 0.483. The fourth-order valence-corrected chi connectivity index (χ4v) is 23.4. The van der Waals surface area contributed by atoms with Gasteiger partial charge >= 0.3 is 160 Å². The van der Waals surface area contributed by atoms with Crippen LogP contribution in [-0.4, -0.2) is 36.0 Å². The maximum atomic E-state index is 6.23. The zero-order chi connectivity index (χ0) is 18.1. The van der Waals surface area contributed by atoms with E-state index in [4.69, 9.17) is 4.84 Å². The van der Waals surface area contributed by atoms with Crippen LogP contribution in [-0.2, 0) is 4.84 Å². The number of unbranched alkanes of at least 4 members (excludes halogenated alkanes) is 3. The third kappa shape index (κ3) is 5.35. The topological polar surface area (TPSA) is 25.4 Å². The zero-order valence-corrected chi connectivity index (χ0v) is 19.7. The van der Waals surface area contributed by atoms with Gasteiger partial charge in [0.15, 0.2) is 0 Å². The molecule has 0 N–H and O–H groups in total. The van der Waals surface area contributed by atoms with E-state index in [1.54, 1.807) is 13.3 Å². The fraction of sp³-hybridized carbons (Fsp3) is 0.762. The Morgan fingerprint density at radius 3 is 2.12 bits per heavy atom. The second kappa shape index (κ2) is 10.8. The number of hydrogen-bond acceptors (Lipinski definition) is 3.